The van der Waals surface area contributed by atoms with Gasteiger partial charge in [-0.3, -0.25) is 14.4 Å². The molecule has 0 saturated heterocycles. The zero-order chi connectivity index (χ0) is 13.0. The van der Waals surface area contributed by atoms with Gasteiger partial charge in [-0.1, -0.05) is 0 Å². The summed E-state index contributed by atoms with van der Waals surface area (Å²) in [5.74, 6) is 1.57. The van der Waals surface area contributed by atoms with Gasteiger partial charge in [0.1, 0.15) is 0 Å². The van der Waals surface area contributed by atoms with E-state index in [0.29, 0.717) is 4.82 Å². The van der Waals surface area contributed by atoms with Crippen LogP contribution in [-0.4, -0.2) is 20.4 Å². The molecule has 0 N–H and O–H groups in total. The molecule has 0 bridgehead atoms. The zero-order valence-electron chi connectivity index (χ0n) is 8.53. The van der Waals surface area contributed by atoms with Crippen LogP contribution in [0.15, 0.2) is 24.3 Å². The van der Waals surface area contributed by atoms with E-state index in [-0.39, 0.29) is 0 Å². The van der Waals surface area contributed by atoms with Gasteiger partial charge in [0.15, 0.2) is 0 Å². The molecule has 1 fully saturated rings. The number of hydrogen-bond donors (Lipinski definition) is 0. The van der Waals surface area contributed by atoms with Crippen molar-refractivity contribution < 1.29 is 30.4 Å². The molecular formula is C12H11FeO3. The van der Waals surface area contributed by atoms with E-state index in [1.54, 1.807) is 0 Å². The van der Waals surface area contributed by atoms with Crippen molar-refractivity contribution in [2.45, 2.75) is 17.7 Å². The normalized spacial score (nSPS) is 28.2. The fraction of sp³-hybridized carbons (Fsp3) is 0.417. The first-order valence-corrected chi connectivity index (χ1v) is 5.10. The van der Waals surface area contributed by atoms with Crippen molar-refractivity contribution in [1.82, 2.24) is 0 Å². The van der Waals surface area contributed by atoms with E-state index in [4.69, 9.17) is 14.4 Å². The molecule has 1 saturated carbocycles. The Hall–Kier alpha value is -0.991. The van der Waals surface area contributed by atoms with Gasteiger partial charge in [-0.15, -0.1) is 0 Å². The summed E-state index contributed by atoms with van der Waals surface area (Å²) in [6, 6.07) is 0. The van der Waals surface area contributed by atoms with Gasteiger partial charge in [-0.25, -0.2) is 0 Å². The van der Waals surface area contributed by atoms with Gasteiger partial charge in [-0.05, 0) is 0 Å². The maximum absolute atomic E-state index is 7.50. The van der Waals surface area contributed by atoms with Crippen molar-refractivity contribution in [2.24, 2.45) is 11.8 Å². The fourth-order valence-corrected chi connectivity index (χ4v) is 2.46. The van der Waals surface area contributed by atoms with Gasteiger partial charge >= 0.3 is 69.8 Å². The van der Waals surface area contributed by atoms with Crippen molar-refractivity contribution in [1.29, 1.82) is 0 Å². The molecule has 4 heteroatoms. The van der Waals surface area contributed by atoms with Gasteiger partial charge in [0, 0.05) is 0 Å². The van der Waals surface area contributed by atoms with E-state index in [0.717, 1.165) is 11.8 Å². The van der Waals surface area contributed by atoms with Crippen LogP contribution in [0.4, 0.5) is 0 Å². The second-order valence-corrected chi connectivity index (χ2v) is 3.91. The average molecular weight is 259 g/mol. The molecule has 0 spiro atoms. The standard InChI is InChI=1S/C9H11.3CO.Fe/c1-2-5-9-7-3-6-8(9)4-1;3*1-2;/h1-2,4-6,8-9H,3,7H2;;;;. The van der Waals surface area contributed by atoms with Gasteiger partial charge < -0.3 is 0 Å². The molecular weight excluding hydrogens is 248 g/mol. The minimum absolute atomic E-state index is 0.672. The second kappa shape index (κ2) is 12.1. The molecule has 0 aromatic heterocycles. The van der Waals surface area contributed by atoms with Crippen LogP contribution in [0.25, 0.3) is 0 Å². The van der Waals surface area contributed by atoms with Crippen molar-refractivity contribution in [2.75, 3.05) is 0 Å². The topological polar surface area (TPSA) is 51.2 Å². The second-order valence-electron chi connectivity index (χ2n) is 3.09. The van der Waals surface area contributed by atoms with Crippen molar-refractivity contribution in [3.05, 3.63) is 24.3 Å². The van der Waals surface area contributed by atoms with E-state index >= 15 is 0 Å². The predicted octanol–water partition coefficient (Wildman–Crippen LogP) is 1.28. The Balaban J connectivity index is 0. The van der Waals surface area contributed by atoms with Crippen LogP contribution in [0, 0.1) is 11.8 Å². The molecule has 0 aliphatic heterocycles. The number of allylic oxidation sites excluding steroid dienone is 4. The van der Waals surface area contributed by atoms with E-state index in [1.807, 2.05) is 0 Å². The molecule has 3 nitrogen and oxygen atoms in total. The molecule has 3 atom stereocenters. The van der Waals surface area contributed by atoms with Crippen molar-refractivity contribution in [3.8, 4) is 0 Å². The van der Waals surface area contributed by atoms with Gasteiger partial charge in [-0.2, -0.15) is 0 Å². The van der Waals surface area contributed by atoms with Crippen LogP contribution in [0.3, 0.4) is 0 Å². The molecule has 2 aliphatic carbocycles. The van der Waals surface area contributed by atoms with E-state index in [9.17, 15) is 0 Å². The SMILES string of the molecule is [C]=O.[C]=O.[C]=O.[Fe][CH]1CCC2C=CC=CC12. The summed E-state index contributed by atoms with van der Waals surface area (Å²) in [6.45, 7) is 13.5. The molecule has 6 radical (unpaired) electrons. The van der Waals surface area contributed by atoms with E-state index in [2.05, 4.69) is 60.7 Å². The summed E-state index contributed by atoms with van der Waals surface area (Å²) in [4.78, 5) is 23.2. The van der Waals surface area contributed by atoms with E-state index in [1.165, 1.54) is 12.8 Å². The monoisotopic (exact) mass is 259 g/mol. The molecule has 0 amide bonds. The third kappa shape index (κ3) is 5.19. The first-order valence-electron chi connectivity index (χ1n) is 4.47. The molecule has 3 unspecified atom stereocenters. The van der Waals surface area contributed by atoms with Crippen LogP contribution in [0.2, 0.25) is 4.82 Å². The number of rotatable bonds is 0. The number of carbonyl (C=O) groups excluding carboxylic acids is 3. The molecule has 0 aromatic carbocycles. The molecule has 2 aliphatic rings. The Labute approximate surface area is 105 Å². The Morgan fingerprint density at radius 1 is 0.875 bits per heavy atom. The fourth-order valence-electron chi connectivity index (χ4n) is 1.88. The van der Waals surface area contributed by atoms with Gasteiger partial charge in [0.2, 0.25) is 0 Å². The third-order valence-electron chi connectivity index (χ3n) is 2.47. The Kier molecular flexibility index (Phi) is 13.1. The average Bonchev–Trinajstić information content (AvgIpc) is 2.79. The van der Waals surface area contributed by atoms with Gasteiger partial charge in [0.05, 0.1) is 0 Å². The minimum atomic E-state index is 0.672. The summed E-state index contributed by atoms with van der Waals surface area (Å²) < 4.78 is 0. The third-order valence-corrected chi connectivity index (χ3v) is 3.22. The summed E-state index contributed by atoms with van der Waals surface area (Å²) >= 11 is 4.14. The van der Waals surface area contributed by atoms with Crippen LogP contribution in [0.1, 0.15) is 12.8 Å². The molecule has 2 rings (SSSR count). The van der Waals surface area contributed by atoms with Gasteiger partial charge in [0.25, 0.3) is 20.4 Å². The Morgan fingerprint density at radius 3 is 1.88 bits per heavy atom. The summed E-state index contributed by atoms with van der Waals surface area (Å²) in [5.41, 5.74) is 0. The Bertz CT molecular complexity index is 224. The van der Waals surface area contributed by atoms with Crippen LogP contribution in [0.5, 0.6) is 0 Å². The van der Waals surface area contributed by atoms with Crippen molar-refractivity contribution in [3.63, 3.8) is 0 Å². The first kappa shape index (κ1) is 17.4. The summed E-state index contributed by atoms with van der Waals surface area (Å²) in [6.07, 6.45) is 11.6. The zero-order valence-corrected chi connectivity index (χ0v) is 9.64. The molecule has 0 aromatic rings. The van der Waals surface area contributed by atoms with Crippen LogP contribution < -0.4 is 0 Å². The summed E-state index contributed by atoms with van der Waals surface area (Å²) in [5, 5.41) is 0. The van der Waals surface area contributed by atoms with Crippen molar-refractivity contribution >= 4 is 20.4 Å². The predicted molar refractivity (Wildman–Crippen MR) is 55.3 cm³/mol. The molecule has 85 valence electrons. The van der Waals surface area contributed by atoms with Crippen LogP contribution in [-0.2, 0) is 30.4 Å². The number of hydrogen-bond acceptors (Lipinski definition) is 3. The van der Waals surface area contributed by atoms with Crippen LogP contribution >= 0.6 is 0 Å². The maximum atomic E-state index is 7.50. The number of fused-ring (bicyclic) bond motifs is 1. The Morgan fingerprint density at radius 2 is 1.38 bits per heavy atom. The first-order chi connectivity index (χ1) is 7.88. The molecule has 16 heavy (non-hydrogen) atoms. The summed E-state index contributed by atoms with van der Waals surface area (Å²) in [7, 11) is 0. The quantitative estimate of drug-likeness (QED) is 0.616. The van der Waals surface area contributed by atoms with E-state index < -0.39 is 0 Å². The molecule has 0 heterocycles.